The van der Waals surface area contributed by atoms with Crippen LogP contribution in [0.4, 0.5) is 4.79 Å². The zero-order valence-electron chi connectivity index (χ0n) is 9.88. The molecule has 0 spiro atoms. The highest BCUT2D eigenvalue weighted by Crippen LogP contribution is 2.10. The molecular formula is C11H23N3O. The summed E-state index contributed by atoms with van der Waals surface area (Å²) in [6.45, 7) is 8.26. The Morgan fingerprint density at radius 3 is 2.53 bits per heavy atom. The van der Waals surface area contributed by atoms with Crippen LogP contribution in [0.5, 0.6) is 0 Å². The molecule has 1 fully saturated rings. The smallest absolute Gasteiger partial charge is 0.314 e. The first-order valence-corrected chi connectivity index (χ1v) is 6.03. The third-order valence-electron chi connectivity index (χ3n) is 2.80. The molecule has 15 heavy (non-hydrogen) atoms. The standard InChI is InChI=1S/C11H23N3O/c1-3-7-14-8-5-10(6-9-14)13-11(15)12-4-2/h10H,3-9H2,1-2H3,(H2,12,13,15). The van der Waals surface area contributed by atoms with Crippen LogP contribution in [0.15, 0.2) is 0 Å². The highest BCUT2D eigenvalue weighted by Gasteiger charge is 2.19. The summed E-state index contributed by atoms with van der Waals surface area (Å²) >= 11 is 0. The van der Waals surface area contributed by atoms with E-state index in [-0.39, 0.29) is 6.03 Å². The maximum Gasteiger partial charge on any atom is 0.314 e. The number of carbonyl (C=O) groups is 1. The molecule has 88 valence electrons. The fourth-order valence-electron chi connectivity index (χ4n) is 2.01. The number of amides is 2. The molecule has 0 atom stereocenters. The monoisotopic (exact) mass is 213 g/mol. The maximum absolute atomic E-state index is 11.3. The van der Waals surface area contributed by atoms with Crippen molar-refractivity contribution < 1.29 is 4.79 Å². The Labute approximate surface area is 92.4 Å². The molecule has 0 bridgehead atoms. The van der Waals surface area contributed by atoms with E-state index in [1.165, 1.54) is 13.0 Å². The fourth-order valence-corrected chi connectivity index (χ4v) is 2.01. The van der Waals surface area contributed by atoms with Crippen LogP contribution in [0.1, 0.15) is 33.1 Å². The number of hydrogen-bond donors (Lipinski definition) is 2. The summed E-state index contributed by atoms with van der Waals surface area (Å²) in [6, 6.07) is 0.344. The van der Waals surface area contributed by atoms with Gasteiger partial charge >= 0.3 is 6.03 Å². The van der Waals surface area contributed by atoms with Crippen molar-refractivity contribution in [3.05, 3.63) is 0 Å². The zero-order valence-corrected chi connectivity index (χ0v) is 9.88. The van der Waals surface area contributed by atoms with E-state index >= 15 is 0 Å². The Balaban J connectivity index is 2.16. The molecule has 1 saturated heterocycles. The van der Waals surface area contributed by atoms with Gasteiger partial charge in [-0.1, -0.05) is 6.92 Å². The average molecular weight is 213 g/mol. The van der Waals surface area contributed by atoms with Gasteiger partial charge in [0, 0.05) is 25.7 Å². The summed E-state index contributed by atoms with van der Waals surface area (Å²) in [4.78, 5) is 13.8. The van der Waals surface area contributed by atoms with Crippen LogP contribution in [0, 0.1) is 0 Å². The van der Waals surface area contributed by atoms with E-state index in [4.69, 9.17) is 0 Å². The minimum atomic E-state index is -0.0218. The summed E-state index contributed by atoms with van der Waals surface area (Å²) in [6.07, 6.45) is 3.38. The molecule has 4 heteroatoms. The minimum Gasteiger partial charge on any atom is -0.338 e. The van der Waals surface area contributed by atoms with Gasteiger partial charge in [-0.05, 0) is 32.7 Å². The molecular weight excluding hydrogens is 190 g/mol. The molecule has 0 aromatic rings. The Kier molecular flexibility index (Phi) is 5.47. The van der Waals surface area contributed by atoms with E-state index in [1.54, 1.807) is 0 Å². The predicted octanol–water partition coefficient (Wildman–Crippen LogP) is 1.18. The number of rotatable bonds is 4. The molecule has 1 aliphatic heterocycles. The molecule has 1 aliphatic rings. The molecule has 0 aliphatic carbocycles. The van der Waals surface area contributed by atoms with E-state index in [0.717, 1.165) is 25.9 Å². The van der Waals surface area contributed by atoms with Crippen LogP contribution in [0.3, 0.4) is 0 Å². The molecule has 2 amide bonds. The highest BCUT2D eigenvalue weighted by atomic mass is 16.2. The average Bonchev–Trinajstić information content (AvgIpc) is 2.22. The van der Waals surface area contributed by atoms with Gasteiger partial charge < -0.3 is 15.5 Å². The fraction of sp³-hybridized carbons (Fsp3) is 0.909. The van der Waals surface area contributed by atoms with Gasteiger partial charge in [-0.25, -0.2) is 4.79 Å². The zero-order chi connectivity index (χ0) is 11.1. The van der Waals surface area contributed by atoms with Crippen molar-refractivity contribution in [3.8, 4) is 0 Å². The Morgan fingerprint density at radius 2 is 2.00 bits per heavy atom. The molecule has 4 nitrogen and oxygen atoms in total. The highest BCUT2D eigenvalue weighted by molar-refractivity contribution is 5.74. The number of hydrogen-bond acceptors (Lipinski definition) is 2. The van der Waals surface area contributed by atoms with Crippen LogP contribution in [-0.2, 0) is 0 Å². The molecule has 0 saturated carbocycles. The van der Waals surface area contributed by atoms with E-state index in [0.29, 0.717) is 12.6 Å². The Bertz CT molecular complexity index is 188. The third-order valence-corrected chi connectivity index (χ3v) is 2.80. The summed E-state index contributed by atoms with van der Waals surface area (Å²) < 4.78 is 0. The summed E-state index contributed by atoms with van der Waals surface area (Å²) in [5.74, 6) is 0. The first-order chi connectivity index (χ1) is 7.26. The third kappa shape index (κ3) is 4.51. The van der Waals surface area contributed by atoms with Crippen LogP contribution in [0.2, 0.25) is 0 Å². The second-order valence-electron chi connectivity index (χ2n) is 4.12. The first kappa shape index (κ1) is 12.3. The van der Waals surface area contributed by atoms with Gasteiger partial charge in [0.05, 0.1) is 0 Å². The molecule has 1 rings (SSSR count). The lowest BCUT2D eigenvalue weighted by molar-refractivity contribution is 0.193. The van der Waals surface area contributed by atoms with Crippen LogP contribution in [-0.4, -0.2) is 43.2 Å². The maximum atomic E-state index is 11.3. The lowest BCUT2D eigenvalue weighted by atomic mass is 10.1. The number of likely N-dealkylation sites (tertiary alicyclic amines) is 1. The van der Waals surface area contributed by atoms with Crippen molar-refractivity contribution in [2.75, 3.05) is 26.2 Å². The Hall–Kier alpha value is -0.770. The second-order valence-corrected chi connectivity index (χ2v) is 4.12. The molecule has 2 N–H and O–H groups in total. The lowest BCUT2D eigenvalue weighted by Crippen LogP contribution is -2.47. The number of urea groups is 1. The largest absolute Gasteiger partial charge is 0.338 e. The summed E-state index contributed by atoms with van der Waals surface area (Å²) in [5, 5.41) is 5.77. The van der Waals surface area contributed by atoms with Gasteiger partial charge in [0.1, 0.15) is 0 Å². The Morgan fingerprint density at radius 1 is 1.33 bits per heavy atom. The number of piperidine rings is 1. The summed E-state index contributed by atoms with van der Waals surface area (Å²) in [5.41, 5.74) is 0. The molecule has 0 aromatic heterocycles. The SMILES string of the molecule is CCCN1CCC(NC(=O)NCC)CC1. The number of carbonyl (C=O) groups excluding carboxylic acids is 1. The van der Waals surface area contributed by atoms with Crippen molar-refractivity contribution in [2.45, 2.75) is 39.2 Å². The van der Waals surface area contributed by atoms with Crippen LogP contribution < -0.4 is 10.6 Å². The van der Waals surface area contributed by atoms with Crippen LogP contribution in [0.25, 0.3) is 0 Å². The normalized spacial score (nSPS) is 18.8. The molecule has 1 heterocycles. The van der Waals surface area contributed by atoms with Gasteiger partial charge in [0.15, 0.2) is 0 Å². The van der Waals surface area contributed by atoms with E-state index < -0.39 is 0 Å². The lowest BCUT2D eigenvalue weighted by Gasteiger charge is -2.32. The predicted molar refractivity (Wildman–Crippen MR) is 62.0 cm³/mol. The topological polar surface area (TPSA) is 44.4 Å². The molecule has 0 unspecified atom stereocenters. The molecule has 0 aromatic carbocycles. The summed E-state index contributed by atoms with van der Waals surface area (Å²) in [7, 11) is 0. The van der Waals surface area contributed by atoms with E-state index in [9.17, 15) is 4.79 Å². The van der Waals surface area contributed by atoms with Gasteiger partial charge in [0.25, 0.3) is 0 Å². The quantitative estimate of drug-likeness (QED) is 0.736. The van der Waals surface area contributed by atoms with Crippen LogP contribution >= 0.6 is 0 Å². The van der Waals surface area contributed by atoms with Crippen molar-refractivity contribution in [2.24, 2.45) is 0 Å². The van der Waals surface area contributed by atoms with Gasteiger partial charge in [-0.15, -0.1) is 0 Å². The molecule has 0 radical (unpaired) electrons. The minimum absolute atomic E-state index is 0.0218. The van der Waals surface area contributed by atoms with E-state index in [2.05, 4.69) is 22.5 Å². The van der Waals surface area contributed by atoms with Gasteiger partial charge in [-0.3, -0.25) is 0 Å². The van der Waals surface area contributed by atoms with Crippen molar-refractivity contribution >= 4 is 6.03 Å². The van der Waals surface area contributed by atoms with Crippen molar-refractivity contribution in [3.63, 3.8) is 0 Å². The number of nitrogens with one attached hydrogen (secondary N) is 2. The van der Waals surface area contributed by atoms with Crippen molar-refractivity contribution in [1.82, 2.24) is 15.5 Å². The van der Waals surface area contributed by atoms with Gasteiger partial charge in [-0.2, -0.15) is 0 Å². The first-order valence-electron chi connectivity index (χ1n) is 6.03. The van der Waals surface area contributed by atoms with Gasteiger partial charge in [0.2, 0.25) is 0 Å². The number of nitrogens with zero attached hydrogens (tertiary/aromatic N) is 1. The van der Waals surface area contributed by atoms with E-state index in [1.807, 2.05) is 6.92 Å². The van der Waals surface area contributed by atoms with Crippen molar-refractivity contribution in [1.29, 1.82) is 0 Å². The second kappa shape index (κ2) is 6.67.